The summed E-state index contributed by atoms with van der Waals surface area (Å²) in [5.41, 5.74) is 11.8. The summed E-state index contributed by atoms with van der Waals surface area (Å²) >= 11 is 0. The first-order valence-corrected chi connectivity index (χ1v) is 27.6. The largest absolute Gasteiger partial charge is 0.507 e. The van der Waals surface area contributed by atoms with Crippen molar-refractivity contribution < 1.29 is 10.2 Å². The lowest BCUT2D eigenvalue weighted by Gasteiger charge is -2.32. The molecule has 2 atom stereocenters. The molecule has 14 aromatic rings. The maximum absolute atomic E-state index is 13.1. The Kier molecular flexibility index (Phi) is 12.6. The Morgan fingerprint density at radius 2 is 0.575 bits per heavy atom. The van der Waals surface area contributed by atoms with E-state index in [0.29, 0.717) is 13.1 Å². The third-order valence-electron chi connectivity index (χ3n) is 16.4. The van der Waals surface area contributed by atoms with Gasteiger partial charge in [0.15, 0.2) is 0 Å². The first-order valence-electron chi connectivity index (χ1n) is 27.6. The molecule has 0 saturated carbocycles. The van der Waals surface area contributed by atoms with E-state index in [4.69, 9.17) is 0 Å². The molecule has 0 bridgehead atoms. The Morgan fingerprint density at radius 3 is 0.975 bits per heavy atom. The quantitative estimate of drug-likeness (QED) is 0.0929. The molecule has 4 N–H and O–H groups in total. The second-order valence-corrected chi connectivity index (χ2v) is 21.0. The Labute approximate surface area is 465 Å². The predicted octanol–water partition coefficient (Wildman–Crippen LogP) is 19.0. The fourth-order valence-corrected chi connectivity index (χ4v) is 12.5. The van der Waals surface area contributed by atoms with E-state index in [9.17, 15) is 10.2 Å². The van der Waals surface area contributed by atoms with Gasteiger partial charge < -0.3 is 20.8 Å². The molecule has 0 fully saturated rings. The number of nitrogens with one attached hydrogen (secondary N) is 2. The van der Waals surface area contributed by atoms with E-state index in [1.54, 1.807) is 0 Å². The highest BCUT2D eigenvalue weighted by Gasteiger charge is 2.30. The van der Waals surface area contributed by atoms with Crippen LogP contribution in [0.2, 0.25) is 0 Å². The number of hydrogen-bond acceptors (Lipinski definition) is 4. The van der Waals surface area contributed by atoms with Crippen molar-refractivity contribution in [1.82, 2.24) is 10.6 Å². The highest BCUT2D eigenvalue weighted by Crippen LogP contribution is 2.47. The highest BCUT2D eigenvalue weighted by atomic mass is 16.3. The lowest BCUT2D eigenvalue weighted by atomic mass is 9.86. The number of benzene rings is 14. The summed E-state index contributed by atoms with van der Waals surface area (Å²) in [6, 6.07) is 97.7. The number of phenolic OH excluding ortho intramolecular Hbond substituents is 2. The van der Waals surface area contributed by atoms with E-state index in [0.717, 1.165) is 131 Å². The lowest BCUT2D eigenvalue weighted by Crippen LogP contribution is -2.35. The molecule has 0 radical (unpaired) electrons. The average molecular weight is 1030 g/mol. The van der Waals surface area contributed by atoms with Gasteiger partial charge in [-0.15, -0.1) is 0 Å². The Hall–Kier alpha value is -9.84. The van der Waals surface area contributed by atoms with E-state index in [-0.39, 0.29) is 23.6 Å². The fraction of sp³-hybridized carbons (Fsp3) is 0.0526. The normalized spacial score (nSPS) is 12.4. The number of phenols is 2. The van der Waals surface area contributed by atoms with Crippen molar-refractivity contribution in [3.05, 3.63) is 301 Å². The van der Waals surface area contributed by atoms with Gasteiger partial charge in [0.05, 0.1) is 12.1 Å². The van der Waals surface area contributed by atoms with Gasteiger partial charge in [-0.25, -0.2) is 0 Å². The SMILES string of the molecule is Oc1c(CN[C@@H](c2cccc3ccccc23)[C@@H](NCc2cc3ccccc3c(-c3cc(-c4ccccc4)cc4ccccc34)c2O)c2cccc3ccccc23)cc2ccccc2c1-c1cc(-c2ccccc2)cc2ccccc12. The zero-order chi connectivity index (χ0) is 53.5. The minimum Gasteiger partial charge on any atom is -0.507 e. The van der Waals surface area contributed by atoms with E-state index in [1.807, 2.05) is 12.1 Å². The Morgan fingerprint density at radius 1 is 0.263 bits per heavy atom. The average Bonchev–Trinajstić information content (AvgIpc) is 3.55. The molecular weight excluding hydrogens is 973 g/mol. The first kappa shape index (κ1) is 48.5. The van der Waals surface area contributed by atoms with Crippen molar-refractivity contribution in [2.24, 2.45) is 0 Å². The maximum Gasteiger partial charge on any atom is 0.128 e. The highest BCUT2D eigenvalue weighted by molar-refractivity contribution is 6.11. The molecular formula is C76H56N2O2. The molecule has 0 aromatic heterocycles. The molecule has 0 heterocycles. The minimum atomic E-state index is -0.364. The van der Waals surface area contributed by atoms with Crippen molar-refractivity contribution in [3.63, 3.8) is 0 Å². The molecule has 0 unspecified atom stereocenters. The van der Waals surface area contributed by atoms with Gasteiger partial charge in [0.2, 0.25) is 0 Å². The summed E-state index contributed by atoms with van der Waals surface area (Å²) in [5, 5.41) is 47.4. The monoisotopic (exact) mass is 1030 g/mol. The maximum atomic E-state index is 13.1. The van der Waals surface area contributed by atoms with Crippen molar-refractivity contribution in [2.45, 2.75) is 25.2 Å². The zero-order valence-corrected chi connectivity index (χ0v) is 44.0. The molecule has 4 heteroatoms. The fourth-order valence-electron chi connectivity index (χ4n) is 12.5. The van der Waals surface area contributed by atoms with Gasteiger partial charge in [-0.05, 0) is 146 Å². The van der Waals surface area contributed by atoms with Crippen molar-refractivity contribution in [1.29, 1.82) is 0 Å². The van der Waals surface area contributed by atoms with E-state index < -0.39 is 0 Å². The summed E-state index contributed by atoms with van der Waals surface area (Å²) in [7, 11) is 0. The van der Waals surface area contributed by atoms with E-state index in [2.05, 4.69) is 278 Å². The van der Waals surface area contributed by atoms with Crippen LogP contribution in [0, 0.1) is 0 Å². The first-order chi connectivity index (χ1) is 39.5. The van der Waals surface area contributed by atoms with Gasteiger partial charge in [0, 0.05) is 35.3 Å². The van der Waals surface area contributed by atoms with Crippen LogP contribution < -0.4 is 10.6 Å². The van der Waals surface area contributed by atoms with Gasteiger partial charge in [0.25, 0.3) is 0 Å². The number of rotatable bonds is 13. The van der Waals surface area contributed by atoms with Crippen LogP contribution in [0.5, 0.6) is 11.5 Å². The van der Waals surface area contributed by atoms with Gasteiger partial charge in [-0.1, -0.05) is 243 Å². The molecule has 4 nitrogen and oxygen atoms in total. The summed E-state index contributed by atoms with van der Waals surface area (Å²) < 4.78 is 0. The third kappa shape index (κ3) is 8.87. The van der Waals surface area contributed by atoms with Crippen LogP contribution in [0.1, 0.15) is 34.3 Å². The molecule has 0 amide bonds. The van der Waals surface area contributed by atoms with Crippen LogP contribution in [0.15, 0.2) is 279 Å². The predicted molar refractivity (Wildman–Crippen MR) is 335 cm³/mol. The van der Waals surface area contributed by atoms with Crippen molar-refractivity contribution in [2.75, 3.05) is 0 Å². The molecule has 0 aliphatic carbocycles. The van der Waals surface area contributed by atoms with Crippen LogP contribution in [0.25, 0.3) is 109 Å². The second kappa shape index (κ2) is 20.8. The molecule has 382 valence electrons. The number of fused-ring (bicyclic) bond motifs is 6. The van der Waals surface area contributed by atoms with Crippen molar-refractivity contribution in [3.8, 4) is 56.0 Å². The van der Waals surface area contributed by atoms with Crippen LogP contribution in [-0.4, -0.2) is 10.2 Å². The standard InChI is InChI=1S/C76H56N2O2/c79-75-59(43-55-29-11-17-37-65(55)71(75)69-45-57(49-21-3-1-4-22-49)41-53-27-9-15-35-63(53)69)47-77-73(67-39-19-31-51-25-7-13-33-61(51)67)74(68-40-20-32-52-26-8-14-34-62(52)68)78-48-60-44-56-30-12-18-38-66(56)72(76(60)80)70-46-58(50-23-5-2-6-24-50)42-54-28-10-16-36-64(54)70/h1-46,73-74,77-80H,47-48H2/t73-,74-/m0/s1. The van der Waals surface area contributed by atoms with E-state index in [1.165, 1.54) is 0 Å². The second-order valence-electron chi connectivity index (χ2n) is 21.0. The summed E-state index contributed by atoms with van der Waals surface area (Å²) in [6.07, 6.45) is 0. The van der Waals surface area contributed by atoms with Gasteiger partial charge in [0.1, 0.15) is 11.5 Å². The molecule has 14 rings (SSSR count). The number of hydrogen-bond donors (Lipinski definition) is 4. The minimum absolute atomic E-state index is 0.246. The van der Waals surface area contributed by atoms with Gasteiger partial charge >= 0.3 is 0 Å². The summed E-state index contributed by atoms with van der Waals surface area (Å²) in [4.78, 5) is 0. The molecule has 14 aromatic carbocycles. The summed E-state index contributed by atoms with van der Waals surface area (Å²) in [6.45, 7) is 0.681. The van der Waals surface area contributed by atoms with Crippen LogP contribution in [-0.2, 0) is 13.1 Å². The van der Waals surface area contributed by atoms with Gasteiger partial charge in [-0.2, -0.15) is 0 Å². The Balaban J connectivity index is 0.933. The van der Waals surface area contributed by atoms with E-state index >= 15 is 0 Å². The topological polar surface area (TPSA) is 64.5 Å². The molecule has 0 spiro atoms. The lowest BCUT2D eigenvalue weighted by molar-refractivity contribution is 0.377. The zero-order valence-electron chi connectivity index (χ0n) is 44.0. The third-order valence-corrected chi connectivity index (χ3v) is 16.4. The summed E-state index contributed by atoms with van der Waals surface area (Å²) in [5.74, 6) is 0.491. The van der Waals surface area contributed by atoms with Crippen LogP contribution >= 0.6 is 0 Å². The number of aromatic hydroxyl groups is 2. The molecule has 0 aliphatic rings. The van der Waals surface area contributed by atoms with Crippen LogP contribution in [0.3, 0.4) is 0 Å². The molecule has 80 heavy (non-hydrogen) atoms. The smallest absolute Gasteiger partial charge is 0.128 e. The van der Waals surface area contributed by atoms with Crippen LogP contribution in [0.4, 0.5) is 0 Å². The van der Waals surface area contributed by atoms with Crippen molar-refractivity contribution >= 4 is 64.6 Å². The Bertz CT molecular complexity index is 4340. The molecule has 0 aliphatic heterocycles. The molecule has 0 saturated heterocycles. The van der Waals surface area contributed by atoms with Gasteiger partial charge in [-0.3, -0.25) is 0 Å².